The molecule has 10 heteroatoms. The van der Waals surface area contributed by atoms with Crippen molar-refractivity contribution in [3.05, 3.63) is 10.6 Å². The molecule has 0 aromatic rings. The average Bonchev–Trinajstić information content (AvgIpc) is 3.30. The van der Waals surface area contributed by atoms with Gasteiger partial charge in [0.2, 0.25) is 11.8 Å². The zero-order valence-corrected chi connectivity index (χ0v) is 20.6. The average molecular weight is 479 g/mol. The predicted octanol–water partition coefficient (Wildman–Crippen LogP) is 0.612. The summed E-state index contributed by atoms with van der Waals surface area (Å²) in [5, 5.41) is 13.3. The Bertz CT molecular complexity index is 884. The van der Waals surface area contributed by atoms with Gasteiger partial charge in [0.1, 0.15) is 11.5 Å². The van der Waals surface area contributed by atoms with Crippen LogP contribution in [0.25, 0.3) is 0 Å². The van der Waals surface area contributed by atoms with E-state index in [1.165, 1.54) is 23.6 Å². The summed E-state index contributed by atoms with van der Waals surface area (Å²) in [5.41, 5.74) is 0.0858. The van der Waals surface area contributed by atoms with Crippen molar-refractivity contribution in [3.8, 4) is 0 Å². The zero-order valence-electron chi connectivity index (χ0n) is 19.7. The highest BCUT2D eigenvalue weighted by atomic mass is 32.2. The van der Waals surface area contributed by atoms with E-state index < -0.39 is 5.97 Å². The molecule has 33 heavy (non-hydrogen) atoms. The molecule has 182 valence electrons. The van der Waals surface area contributed by atoms with E-state index >= 15 is 0 Å². The number of ketones is 1. The minimum Gasteiger partial charge on any atom is -0.477 e. The van der Waals surface area contributed by atoms with Gasteiger partial charge >= 0.3 is 5.97 Å². The van der Waals surface area contributed by atoms with Crippen LogP contribution in [0.2, 0.25) is 0 Å². The van der Waals surface area contributed by atoms with Crippen LogP contribution < -0.4 is 5.32 Å². The van der Waals surface area contributed by atoms with Crippen LogP contribution in [-0.4, -0.2) is 100 Å². The lowest BCUT2D eigenvalue weighted by Gasteiger charge is -2.47. The zero-order chi connectivity index (χ0) is 24.0. The van der Waals surface area contributed by atoms with E-state index in [1.807, 2.05) is 18.7 Å². The SMILES string of the molecule is CC(=O)C[C@H](C)[C@H]1C(=O)N2C(C(=O)O)=C(S[C@@H]3CN[C@H](C(=O)N4CCN(C)CC4)C3)[C@H](C)[C@H]12. The van der Waals surface area contributed by atoms with E-state index in [-0.39, 0.29) is 58.4 Å². The number of carbonyl (C=O) groups is 4. The number of β-lactam (4-membered cyclic amide) rings is 1. The van der Waals surface area contributed by atoms with Crippen LogP contribution in [0.1, 0.15) is 33.6 Å². The molecule has 0 saturated carbocycles. The Hall–Kier alpha value is -1.91. The first-order chi connectivity index (χ1) is 15.6. The summed E-state index contributed by atoms with van der Waals surface area (Å²) in [6.07, 6.45) is 0.961. The molecule has 3 fully saturated rings. The van der Waals surface area contributed by atoms with E-state index in [4.69, 9.17) is 0 Å². The first kappa shape index (κ1) is 24.2. The van der Waals surface area contributed by atoms with Gasteiger partial charge in [0.05, 0.1) is 18.0 Å². The molecule has 0 aromatic heterocycles. The topological polar surface area (TPSA) is 110 Å². The standard InChI is InChI=1S/C23H34N4O5S/c1-12(9-13(2)28)17-18-14(3)20(19(23(31)32)27(18)22(17)30)33-15-10-16(24-11-15)21(29)26-7-5-25(4)6-8-26/h12,14-18,24H,5-11H2,1-4H3,(H,31,32)/t12-,14+,15-,16-,17+,18+/m0/s1. The third-order valence-corrected chi connectivity index (χ3v) is 9.02. The second-order valence-electron chi connectivity index (χ2n) is 9.98. The summed E-state index contributed by atoms with van der Waals surface area (Å²) < 4.78 is 0. The number of carbonyl (C=O) groups excluding carboxylic acids is 3. The molecule has 3 saturated heterocycles. The normalized spacial score (nSPS) is 33.2. The number of thioether (sulfide) groups is 1. The number of piperazine rings is 1. The van der Waals surface area contributed by atoms with Crippen molar-refractivity contribution in [2.24, 2.45) is 17.8 Å². The van der Waals surface area contributed by atoms with Gasteiger partial charge in [0.25, 0.3) is 0 Å². The monoisotopic (exact) mass is 478 g/mol. The molecule has 4 aliphatic rings. The maximum atomic E-state index is 12.9. The Balaban J connectivity index is 1.43. The first-order valence-electron chi connectivity index (χ1n) is 11.8. The molecule has 4 heterocycles. The van der Waals surface area contributed by atoms with E-state index in [2.05, 4.69) is 17.3 Å². The number of carboxylic acid groups (broad SMARTS) is 1. The van der Waals surface area contributed by atoms with Crippen LogP contribution in [0, 0.1) is 17.8 Å². The first-order valence-corrected chi connectivity index (χ1v) is 12.7. The van der Waals surface area contributed by atoms with E-state index in [9.17, 15) is 24.3 Å². The van der Waals surface area contributed by atoms with Crippen molar-refractivity contribution in [3.63, 3.8) is 0 Å². The number of carboxylic acids is 1. The molecular formula is C23H34N4O5S. The van der Waals surface area contributed by atoms with Crippen molar-refractivity contribution >= 4 is 35.3 Å². The Morgan fingerprint density at radius 2 is 1.88 bits per heavy atom. The number of nitrogens with zero attached hydrogens (tertiary/aromatic N) is 3. The molecule has 0 spiro atoms. The number of amides is 2. The largest absolute Gasteiger partial charge is 0.477 e. The molecule has 0 bridgehead atoms. The maximum absolute atomic E-state index is 12.9. The molecule has 0 radical (unpaired) electrons. The van der Waals surface area contributed by atoms with Crippen LogP contribution in [0.3, 0.4) is 0 Å². The maximum Gasteiger partial charge on any atom is 0.353 e. The molecule has 9 nitrogen and oxygen atoms in total. The Kier molecular flexibility index (Phi) is 6.89. The molecule has 0 unspecified atom stereocenters. The fourth-order valence-electron chi connectivity index (χ4n) is 5.76. The van der Waals surface area contributed by atoms with Crippen LogP contribution in [0.5, 0.6) is 0 Å². The summed E-state index contributed by atoms with van der Waals surface area (Å²) in [7, 11) is 2.05. The van der Waals surface area contributed by atoms with Crippen LogP contribution >= 0.6 is 11.8 Å². The quantitative estimate of drug-likeness (QED) is 0.513. The van der Waals surface area contributed by atoms with Gasteiger partial charge in [-0.3, -0.25) is 9.59 Å². The predicted molar refractivity (Wildman–Crippen MR) is 124 cm³/mol. The van der Waals surface area contributed by atoms with Gasteiger partial charge < -0.3 is 29.9 Å². The second-order valence-corrected chi connectivity index (χ2v) is 11.3. The van der Waals surface area contributed by atoms with Crippen LogP contribution in [0.4, 0.5) is 0 Å². The smallest absolute Gasteiger partial charge is 0.353 e. The molecule has 6 atom stereocenters. The van der Waals surface area contributed by atoms with Gasteiger partial charge in [-0.2, -0.15) is 0 Å². The number of aliphatic carboxylic acids is 1. The fourth-order valence-corrected chi connectivity index (χ4v) is 7.23. The van der Waals surface area contributed by atoms with Gasteiger partial charge in [0.15, 0.2) is 0 Å². The number of hydrogen-bond donors (Lipinski definition) is 2. The Morgan fingerprint density at radius 3 is 2.48 bits per heavy atom. The summed E-state index contributed by atoms with van der Waals surface area (Å²) in [5.74, 6) is -1.68. The van der Waals surface area contributed by atoms with Crippen molar-refractivity contribution in [2.45, 2.75) is 50.9 Å². The number of likely N-dealkylation sites (N-methyl/N-ethyl adjacent to an activating group) is 1. The van der Waals surface area contributed by atoms with Crippen molar-refractivity contribution in [1.29, 1.82) is 0 Å². The lowest BCUT2D eigenvalue weighted by atomic mass is 9.73. The van der Waals surface area contributed by atoms with Crippen molar-refractivity contribution < 1.29 is 24.3 Å². The number of fused-ring (bicyclic) bond motifs is 1. The molecule has 0 aliphatic carbocycles. The summed E-state index contributed by atoms with van der Waals surface area (Å²) in [6.45, 7) is 9.23. The van der Waals surface area contributed by atoms with Gasteiger partial charge in [0, 0.05) is 55.2 Å². The molecule has 2 amide bonds. The summed E-state index contributed by atoms with van der Waals surface area (Å²) in [6, 6.07) is -0.462. The molecule has 4 rings (SSSR count). The van der Waals surface area contributed by atoms with Crippen molar-refractivity contribution in [2.75, 3.05) is 39.8 Å². The van der Waals surface area contributed by atoms with Gasteiger partial charge in [-0.25, -0.2) is 4.79 Å². The van der Waals surface area contributed by atoms with Gasteiger partial charge in [-0.15, -0.1) is 11.8 Å². The lowest BCUT2D eigenvalue weighted by molar-refractivity contribution is -0.160. The van der Waals surface area contributed by atoms with Crippen LogP contribution in [-0.2, 0) is 19.2 Å². The molecular weight excluding hydrogens is 444 g/mol. The number of rotatable bonds is 7. The van der Waals surface area contributed by atoms with Gasteiger partial charge in [-0.1, -0.05) is 13.8 Å². The number of hydrogen-bond acceptors (Lipinski definition) is 7. The lowest BCUT2D eigenvalue weighted by Crippen LogP contribution is -2.62. The third-order valence-electron chi connectivity index (χ3n) is 7.51. The highest BCUT2D eigenvalue weighted by Gasteiger charge is 2.60. The minimum absolute atomic E-state index is 0.0357. The van der Waals surface area contributed by atoms with Gasteiger partial charge in [-0.05, 0) is 26.3 Å². The Labute approximate surface area is 198 Å². The van der Waals surface area contributed by atoms with Crippen LogP contribution in [0.15, 0.2) is 10.6 Å². The van der Waals surface area contributed by atoms with E-state index in [1.54, 1.807) is 0 Å². The highest BCUT2D eigenvalue weighted by molar-refractivity contribution is 8.03. The highest BCUT2D eigenvalue weighted by Crippen LogP contribution is 2.53. The molecule has 0 aromatic carbocycles. The van der Waals surface area contributed by atoms with Crippen molar-refractivity contribution in [1.82, 2.24) is 20.0 Å². The molecule has 4 aliphatic heterocycles. The van der Waals surface area contributed by atoms with E-state index in [0.717, 1.165) is 31.1 Å². The fraction of sp³-hybridized carbons (Fsp3) is 0.739. The number of nitrogens with one attached hydrogen (secondary N) is 1. The van der Waals surface area contributed by atoms with E-state index in [0.29, 0.717) is 19.4 Å². The Morgan fingerprint density at radius 1 is 1.21 bits per heavy atom. The third kappa shape index (κ3) is 4.44. The molecule has 2 N–H and O–H groups in total. The number of Topliss-reactive ketones (excluding diaryl/α,β-unsaturated/α-hetero) is 1. The summed E-state index contributed by atoms with van der Waals surface area (Å²) >= 11 is 1.50. The minimum atomic E-state index is -1.09. The second kappa shape index (κ2) is 9.38. The summed E-state index contributed by atoms with van der Waals surface area (Å²) in [4.78, 5) is 55.8.